The fourth-order valence-corrected chi connectivity index (χ4v) is 3.18. The third-order valence-electron chi connectivity index (χ3n) is 4.95. The number of hydrogen-bond acceptors (Lipinski definition) is 6. The molecule has 33 heavy (non-hydrogen) atoms. The first-order chi connectivity index (χ1) is 15.4. The lowest BCUT2D eigenvalue weighted by Crippen LogP contribution is -2.46. The minimum atomic E-state index is -0.978. The topological polar surface area (TPSA) is 137 Å². The molecule has 0 aromatic heterocycles. The summed E-state index contributed by atoms with van der Waals surface area (Å²) in [6, 6.07) is 4.65. The Bertz CT molecular complexity index is 832. The summed E-state index contributed by atoms with van der Waals surface area (Å²) in [7, 11) is 1.38. The highest BCUT2D eigenvalue weighted by molar-refractivity contribution is 5.97. The van der Waals surface area contributed by atoms with Crippen LogP contribution in [0.2, 0.25) is 0 Å². The fraction of sp³-hybridized carbons (Fsp3) is 0.583. The minimum absolute atomic E-state index is 0.0549. The molecule has 0 radical (unpaired) electrons. The van der Waals surface area contributed by atoms with E-state index in [9.17, 15) is 19.2 Å². The number of esters is 1. The molecule has 0 saturated heterocycles. The molecule has 1 atom stereocenters. The average molecular weight is 464 g/mol. The summed E-state index contributed by atoms with van der Waals surface area (Å²) in [5, 5.41) is 5.37. The summed E-state index contributed by atoms with van der Waals surface area (Å²) < 4.78 is 9.87. The van der Waals surface area contributed by atoms with Crippen LogP contribution in [0.4, 0.5) is 10.5 Å². The first-order valence-electron chi connectivity index (χ1n) is 11.2. The quantitative estimate of drug-likeness (QED) is 0.321. The van der Waals surface area contributed by atoms with E-state index in [0.29, 0.717) is 12.1 Å². The largest absolute Gasteiger partial charge is 0.469 e. The van der Waals surface area contributed by atoms with Gasteiger partial charge in [-0.05, 0) is 70.6 Å². The third-order valence-corrected chi connectivity index (χ3v) is 4.95. The van der Waals surface area contributed by atoms with Crippen LogP contribution in [0.15, 0.2) is 18.2 Å². The minimum Gasteiger partial charge on any atom is -0.469 e. The van der Waals surface area contributed by atoms with Crippen LogP contribution in [0.3, 0.4) is 0 Å². The summed E-state index contributed by atoms with van der Waals surface area (Å²) in [5.41, 5.74) is 7.13. The van der Waals surface area contributed by atoms with Gasteiger partial charge in [-0.1, -0.05) is 18.6 Å². The van der Waals surface area contributed by atoms with E-state index in [2.05, 4.69) is 15.4 Å². The number of nitrogens with one attached hydrogen (secondary N) is 2. The average Bonchev–Trinajstić information content (AvgIpc) is 2.71. The van der Waals surface area contributed by atoms with Gasteiger partial charge in [0, 0.05) is 18.5 Å². The molecule has 1 aromatic carbocycles. The summed E-state index contributed by atoms with van der Waals surface area (Å²) in [6.45, 7) is 7.07. The highest BCUT2D eigenvalue weighted by atomic mass is 16.6. The van der Waals surface area contributed by atoms with Crippen LogP contribution in [0.1, 0.15) is 70.4 Å². The van der Waals surface area contributed by atoms with Gasteiger partial charge in [-0.2, -0.15) is 0 Å². The molecule has 3 amide bonds. The van der Waals surface area contributed by atoms with Gasteiger partial charge in [0.2, 0.25) is 11.8 Å². The zero-order chi connectivity index (χ0) is 25.0. The number of nitrogens with two attached hydrogens (primary N) is 1. The highest BCUT2D eigenvalue weighted by Gasteiger charge is 2.25. The maximum Gasteiger partial charge on any atom is 0.408 e. The van der Waals surface area contributed by atoms with Gasteiger partial charge in [0.1, 0.15) is 11.6 Å². The van der Waals surface area contributed by atoms with Crippen molar-refractivity contribution in [1.29, 1.82) is 0 Å². The Morgan fingerprint density at radius 2 is 1.76 bits per heavy atom. The second-order valence-corrected chi connectivity index (χ2v) is 8.92. The molecule has 0 aliphatic heterocycles. The molecule has 0 spiro atoms. The van der Waals surface area contributed by atoms with Crippen molar-refractivity contribution in [2.24, 2.45) is 5.73 Å². The van der Waals surface area contributed by atoms with E-state index in [1.54, 1.807) is 26.8 Å². The van der Waals surface area contributed by atoms with Crippen LogP contribution < -0.4 is 16.4 Å². The summed E-state index contributed by atoms with van der Waals surface area (Å²) in [6.07, 6.45) is 3.01. The Balaban J connectivity index is 2.79. The van der Waals surface area contributed by atoms with Crippen LogP contribution in [0.25, 0.3) is 0 Å². The van der Waals surface area contributed by atoms with E-state index in [4.69, 9.17) is 10.5 Å². The lowest BCUT2D eigenvalue weighted by atomic mass is 10.00. The lowest BCUT2D eigenvalue weighted by Gasteiger charge is -2.23. The van der Waals surface area contributed by atoms with Gasteiger partial charge in [0.25, 0.3) is 0 Å². The van der Waals surface area contributed by atoms with Crippen molar-refractivity contribution in [3.63, 3.8) is 0 Å². The number of methoxy groups -OCH3 is 1. The molecule has 0 fully saturated rings. The third kappa shape index (κ3) is 11.4. The number of alkyl carbamates (subject to hydrolysis) is 1. The Morgan fingerprint density at radius 1 is 1.06 bits per heavy atom. The van der Waals surface area contributed by atoms with Gasteiger partial charge in [-0.15, -0.1) is 0 Å². The van der Waals surface area contributed by atoms with Crippen molar-refractivity contribution < 1.29 is 28.7 Å². The zero-order valence-electron chi connectivity index (χ0n) is 20.3. The van der Waals surface area contributed by atoms with Gasteiger partial charge < -0.3 is 25.8 Å². The number of amides is 3. The first kappa shape index (κ1) is 27.9. The van der Waals surface area contributed by atoms with Crippen molar-refractivity contribution in [3.8, 4) is 0 Å². The van der Waals surface area contributed by atoms with E-state index in [1.807, 2.05) is 19.1 Å². The van der Waals surface area contributed by atoms with Gasteiger partial charge in [-0.3, -0.25) is 14.4 Å². The second-order valence-electron chi connectivity index (χ2n) is 8.92. The summed E-state index contributed by atoms with van der Waals surface area (Å²) in [5.74, 6) is -1.23. The normalized spacial score (nSPS) is 11.9. The number of aryl methyl sites for hydroxylation is 1. The number of carbonyl (C=O) groups is 4. The van der Waals surface area contributed by atoms with E-state index >= 15 is 0 Å². The standard InChI is InChI=1S/C24H37N3O6/c1-16-17(10-7-6-8-13-21(29)32-5)11-9-12-18(16)26-22(30)19(14-15-20(25)28)27-23(31)33-24(2,3)4/h9,11-12,19H,6-8,10,13-15H2,1-5H3,(H2,25,28)(H,26,30)(H,27,31)/t19-/m0/s1. The number of benzene rings is 1. The van der Waals surface area contributed by atoms with Crippen molar-refractivity contribution in [2.75, 3.05) is 12.4 Å². The van der Waals surface area contributed by atoms with Crippen LogP contribution in [0.5, 0.6) is 0 Å². The van der Waals surface area contributed by atoms with Crippen LogP contribution in [0, 0.1) is 6.92 Å². The molecule has 4 N–H and O–H groups in total. The van der Waals surface area contributed by atoms with Crippen LogP contribution >= 0.6 is 0 Å². The van der Waals surface area contributed by atoms with Crippen LogP contribution in [-0.4, -0.2) is 42.6 Å². The molecule has 0 aliphatic carbocycles. The maximum atomic E-state index is 12.9. The number of carbonyl (C=O) groups excluding carboxylic acids is 4. The summed E-state index contributed by atoms with van der Waals surface area (Å²) in [4.78, 5) is 47.5. The molecule has 1 aromatic rings. The molecular formula is C24H37N3O6. The molecule has 9 nitrogen and oxygen atoms in total. The maximum absolute atomic E-state index is 12.9. The fourth-order valence-electron chi connectivity index (χ4n) is 3.18. The number of anilines is 1. The molecule has 0 bridgehead atoms. The Kier molecular flexibility index (Phi) is 11.4. The van der Waals surface area contributed by atoms with Crippen LogP contribution in [-0.2, 0) is 30.3 Å². The molecule has 0 heterocycles. The van der Waals surface area contributed by atoms with E-state index in [0.717, 1.165) is 36.8 Å². The predicted octanol–water partition coefficient (Wildman–Crippen LogP) is 3.37. The number of ether oxygens (including phenoxy) is 2. The first-order valence-corrected chi connectivity index (χ1v) is 11.2. The Morgan fingerprint density at radius 3 is 2.36 bits per heavy atom. The Hall–Kier alpha value is -3.10. The smallest absolute Gasteiger partial charge is 0.408 e. The predicted molar refractivity (Wildman–Crippen MR) is 126 cm³/mol. The molecule has 0 saturated carbocycles. The zero-order valence-corrected chi connectivity index (χ0v) is 20.3. The molecular weight excluding hydrogens is 426 g/mol. The second kappa shape index (κ2) is 13.4. The van der Waals surface area contributed by atoms with Crippen molar-refractivity contribution >= 4 is 29.6 Å². The monoisotopic (exact) mass is 463 g/mol. The number of hydrogen-bond donors (Lipinski definition) is 3. The van der Waals surface area contributed by atoms with Crippen molar-refractivity contribution in [2.45, 2.75) is 84.3 Å². The van der Waals surface area contributed by atoms with E-state index in [-0.39, 0.29) is 18.8 Å². The van der Waals surface area contributed by atoms with E-state index < -0.39 is 29.6 Å². The number of unbranched alkanes of at least 4 members (excludes halogenated alkanes) is 2. The van der Waals surface area contributed by atoms with Gasteiger partial charge in [0.05, 0.1) is 7.11 Å². The van der Waals surface area contributed by atoms with Crippen molar-refractivity contribution in [3.05, 3.63) is 29.3 Å². The van der Waals surface area contributed by atoms with E-state index in [1.165, 1.54) is 7.11 Å². The number of primary amides is 1. The summed E-state index contributed by atoms with van der Waals surface area (Å²) >= 11 is 0. The molecule has 0 aliphatic rings. The molecule has 9 heteroatoms. The SMILES string of the molecule is COC(=O)CCCCCc1cccc(NC(=O)[C@H](CCC(N)=O)NC(=O)OC(C)(C)C)c1C. The molecule has 1 rings (SSSR count). The van der Waals surface area contributed by atoms with Gasteiger partial charge >= 0.3 is 12.1 Å². The Labute approximate surface area is 195 Å². The number of rotatable bonds is 12. The van der Waals surface area contributed by atoms with Crippen molar-refractivity contribution in [1.82, 2.24) is 5.32 Å². The lowest BCUT2D eigenvalue weighted by molar-refractivity contribution is -0.140. The van der Waals surface area contributed by atoms with Gasteiger partial charge in [-0.25, -0.2) is 4.79 Å². The van der Waals surface area contributed by atoms with Gasteiger partial charge in [0.15, 0.2) is 0 Å². The molecule has 184 valence electrons. The molecule has 0 unspecified atom stereocenters. The highest BCUT2D eigenvalue weighted by Crippen LogP contribution is 2.22.